The highest BCUT2D eigenvalue weighted by atomic mass is 16.4. The first-order chi connectivity index (χ1) is 4.59. The predicted molar refractivity (Wildman–Crippen MR) is 35.0 cm³/mol. The average Bonchev–Trinajstić information content (AvgIpc) is 1.87. The molecule has 0 saturated heterocycles. The Kier molecular flexibility index (Phi) is 3.44. The molecular weight excluding hydrogens is 132 g/mol. The van der Waals surface area contributed by atoms with Gasteiger partial charge in [-0.05, 0) is 5.92 Å². The molecule has 4 nitrogen and oxygen atoms in total. The van der Waals surface area contributed by atoms with E-state index in [4.69, 9.17) is 16.1 Å². The van der Waals surface area contributed by atoms with E-state index in [1.165, 1.54) is 0 Å². The van der Waals surface area contributed by atoms with Gasteiger partial charge < -0.3 is 10.8 Å². The van der Waals surface area contributed by atoms with Crippen molar-refractivity contribution in [1.29, 1.82) is 5.26 Å². The third-order valence-electron chi connectivity index (χ3n) is 1.31. The lowest BCUT2D eigenvalue weighted by atomic mass is 10.0. The van der Waals surface area contributed by atoms with Crippen molar-refractivity contribution in [3.8, 4) is 6.07 Å². The molecule has 0 aliphatic carbocycles. The predicted octanol–water partition coefficient (Wildman–Crippen LogP) is -0.0519. The summed E-state index contributed by atoms with van der Waals surface area (Å²) in [5, 5.41) is 16.5. The second-order valence-corrected chi connectivity index (χ2v) is 2.20. The van der Waals surface area contributed by atoms with Crippen molar-refractivity contribution in [2.75, 3.05) is 0 Å². The molecule has 0 aliphatic rings. The Morgan fingerprint density at radius 3 is 2.70 bits per heavy atom. The number of nitrogens with zero attached hydrogens (tertiary/aromatic N) is 1. The van der Waals surface area contributed by atoms with Crippen LogP contribution in [0.3, 0.4) is 0 Å². The minimum atomic E-state index is -1.05. The van der Waals surface area contributed by atoms with E-state index in [9.17, 15) is 4.79 Å². The summed E-state index contributed by atoms with van der Waals surface area (Å²) in [6.45, 7) is 1.64. The van der Waals surface area contributed by atoms with Gasteiger partial charge >= 0.3 is 5.97 Å². The highest BCUT2D eigenvalue weighted by Crippen LogP contribution is 2.04. The highest BCUT2D eigenvalue weighted by Gasteiger charge is 2.18. The van der Waals surface area contributed by atoms with Crippen LogP contribution in [0.4, 0.5) is 0 Å². The van der Waals surface area contributed by atoms with Crippen molar-refractivity contribution in [3.05, 3.63) is 0 Å². The first-order valence-electron chi connectivity index (χ1n) is 2.95. The van der Waals surface area contributed by atoms with Crippen molar-refractivity contribution in [3.63, 3.8) is 0 Å². The second kappa shape index (κ2) is 3.85. The van der Waals surface area contributed by atoms with E-state index >= 15 is 0 Å². The number of hydrogen-bond donors (Lipinski definition) is 2. The van der Waals surface area contributed by atoms with Crippen LogP contribution in [0.25, 0.3) is 0 Å². The molecule has 0 aliphatic heterocycles. The van der Waals surface area contributed by atoms with Crippen molar-refractivity contribution >= 4 is 5.97 Å². The molecule has 0 aromatic rings. The molecule has 10 heavy (non-hydrogen) atoms. The van der Waals surface area contributed by atoms with Gasteiger partial charge in [0.25, 0.3) is 0 Å². The molecule has 0 amide bonds. The summed E-state index contributed by atoms with van der Waals surface area (Å²) in [5.74, 6) is -1.33. The Balaban J connectivity index is 3.84. The number of aliphatic carboxylic acids is 1. The van der Waals surface area contributed by atoms with Crippen LogP contribution in [-0.4, -0.2) is 17.1 Å². The third kappa shape index (κ3) is 2.46. The van der Waals surface area contributed by atoms with E-state index < -0.39 is 12.0 Å². The van der Waals surface area contributed by atoms with Gasteiger partial charge in [0.1, 0.15) is 6.04 Å². The van der Waals surface area contributed by atoms with E-state index in [-0.39, 0.29) is 12.3 Å². The van der Waals surface area contributed by atoms with E-state index in [2.05, 4.69) is 0 Å². The van der Waals surface area contributed by atoms with Gasteiger partial charge in [-0.1, -0.05) is 6.92 Å². The summed E-state index contributed by atoms with van der Waals surface area (Å²) >= 11 is 0. The molecule has 2 atom stereocenters. The van der Waals surface area contributed by atoms with Crippen LogP contribution in [0, 0.1) is 17.2 Å². The van der Waals surface area contributed by atoms with Crippen LogP contribution in [-0.2, 0) is 4.79 Å². The minimum absolute atomic E-state index is 0.188. The van der Waals surface area contributed by atoms with Gasteiger partial charge in [-0.2, -0.15) is 5.26 Å². The molecule has 0 unspecified atom stereocenters. The topological polar surface area (TPSA) is 87.1 Å². The molecule has 0 aromatic carbocycles. The van der Waals surface area contributed by atoms with E-state index in [0.29, 0.717) is 0 Å². The van der Waals surface area contributed by atoms with Gasteiger partial charge in [0.2, 0.25) is 0 Å². The fourth-order valence-corrected chi connectivity index (χ4v) is 0.514. The molecule has 0 fully saturated rings. The van der Waals surface area contributed by atoms with Crippen LogP contribution in [0.5, 0.6) is 0 Å². The highest BCUT2D eigenvalue weighted by molar-refractivity contribution is 5.73. The standard InChI is InChI=1S/C6H10N2O2/c1-4(2-3-7)5(8)6(9)10/h4-5H,2,8H2,1H3,(H,9,10)/t4-,5-/m0/s1. The maximum absolute atomic E-state index is 10.2. The Hall–Kier alpha value is -1.08. The average molecular weight is 142 g/mol. The lowest BCUT2D eigenvalue weighted by molar-refractivity contribution is -0.139. The maximum Gasteiger partial charge on any atom is 0.320 e. The fraction of sp³-hybridized carbons (Fsp3) is 0.667. The molecule has 0 spiro atoms. The zero-order chi connectivity index (χ0) is 8.15. The van der Waals surface area contributed by atoms with Crippen molar-refractivity contribution < 1.29 is 9.90 Å². The van der Waals surface area contributed by atoms with Crippen LogP contribution >= 0.6 is 0 Å². The Morgan fingerprint density at radius 2 is 2.40 bits per heavy atom. The second-order valence-electron chi connectivity index (χ2n) is 2.20. The van der Waals surface area contributed by atoms with Crippen LogP contribution in [0.1, 0.15) is 13.3 Å². The zero-order valence-electron chi connectivity index (χ0n) is 5.74. The van der Waals surface area contributed by atoms with E-state index in [0.717, 1.165) is 0 Å². The summed E-state index contributed by atoms with van der Waals surface area (Å²) in [7, 11) is 0. The largest absolute Gasteiger partial charge is 0.480 e. The summed E-state index contributed by atoms with van der Waals surface area (Å²) in [5.41, 5.74) is 5.20. The number of carbonyl (C=O) groups is 1. The molecule has 0 bridgehead atoms. The van der Waals surface area contributed by atoms with Crippen LogP contribution < -0.4 is 5.73 Å². The summed E-state index contributed by atoms with van der Waals surface area (Å²) < 4.78 is 0. The van der Waals surface area contributed by atoms with Gasteiger partial charge in [-0.15, -0.1) is 0 Å². The molecule has 4 heteroatoms. The molecule has 0 radical (unpaired) electrons. The fourth-order valence-electron chi connectivity index (χ4n) is 0.514. The first kappa shape index (κ1) is 8.92. The number of carboxylic acids is 1. The smallest absolute Gasteiger partial charge is 0.320 e. The summed E-state index contributed by atoms with van der Waals surface area (Å²) in [6, 6.07) is 0.943. The van der Waals surface area contributed by atoms with Gasteiger partial charge in [0.15, 0.2) is 0 Å². The molecule has 0 aromatic heterocycles. The molecular formula is C6H10N2O2. The minimum Gasteiger partial charge on any atom is -0.480 e. The number of nitrogens with two attached hydrogens (primary N) is 1. The summed E-state index contributed by atoms with van der Waals surface area (Å²) in [4.78, 5) is 10.2. The van der Waals surface area contributed by atoms with E-state index in [1.54, 1.807) is 6.92 Å². The first-order valence-corrected chi connectivity index (χ1v) is 2.95. The third-order valence-corrected chi connectivity index (χ3v) is 1.31. The van der Waals surface area contributed by atoms with Gasteiger partial charge in [0.05, 0.1) is 6.07 Å². The van der Waals surface area contributed by atoms with Crippen LogP contribution in [0.15, 0.2) is 0 Å². The Morgan fingerprint density at radius 1 is 1.90 bits per heavy atom. The molecule has 0 saturated carbocycles. The number of hydrogen-bond acceptors (Lipinski definition) is 3. The lowest BCUT2D eigenvalue weighted by Gasteiger charge is -2.10. The molecule has 3 N–H and O–H groups in total. The van der Waals surface area contributed by atoms with E-state index in [1.807, 2.05) is 6.07 Å². The van der Waals surface area contributed by atoms with Crippen molar-refractivity contribution in [2.45, 2.75) is 19.4 Å². The zero-order valence-corrected chi connectivity index (χ0v) is 5.74. The van der Waals surface area contributed by atoms with Crippen LogP contribution in [0.2, 0.25) is 0 Å². The van der Waals surface area contributed by atoms with Gasteiger partial charge in [0, 0.05) is 6.42 Å². The SMILES string of the molecule is C[C@@H](CC#N)[C@H](N)C(=O)O. The normalized spacial score (nSPS) is 15.3. The van der Waals surface area contributed by atoms with Crippen molar-refractivity contribution in [2.24, 2.45) is 11.7 Å². The monoisotopic (exact) mass is 142 g/mol. The van der Waals surface area contributed by atoms with Gasteiger partial charge in [-0.25, -0.2) is 0 Å². The Labute approximate surface area is 59.3 Å². The number of rotatable bonds is 3. The lowest BCUT2D eigenvalue weighted by Crippen LogP contribution is -2.36. The maximum atomic E-state index is 10.2. The number of carboxylic acid groups (broad SMARTS) is 1. The van der Waals surface area contributed by atoms with Crippen molar-refractivity contribution in [1.82, 2.24) is 0 Å². The molecule has 56 valence electrons. The Bertz CT molecular complexity index is 162. The molecule has 0 rings (SSSR count). The molecule has 0 heterocycles. The quantitative estimate of drug-likeness (QED) is 0.578. The summed E-state index contributed by atoms with van der Waals surface area (Å²) in [6.07, 6.45) is 0.188. The number of nitriles is 1. The van der Waals surface area contributed by atoms with Gasteiger partial charge in [-0.3, -0.25) is 4.79 Å².